The van der Waals surface area contributed by atoms with Crippen molar-refractivity contribution in [3.05, 3.63) is 24.5 Å². The number of rotatable bonds is 4. The molecule has 3 heterocycles. The third kappa shape index (κ3) is 3.98. The van der Waals surface area contributed by atoms with Crippen LogP contribution in [0.1, 0.15) is 26.2 Å². The van der Waals surface area contributed by atoms with Crippen molar-refractivity contribution in [1.29, 1.82) is 0 Å². The molecule has 0 atom stereocenters. The number of hydrogen-bond donors (Lipinski definition) is 0. The van der Waals surface area contributed by atoms with Crippen molar-refractivity contribution in [2.75, 3.05) is 46.0 Å². The van der Waals surface area contributed by atoms with E-state index in [1.165, 1.54) is 0 Å². The predicted octanol–water partition coefficient (Wildman–Crippen LogP) is 1.68. The molecule has 3 rings (SSSR count). The number of nitrogens with zero attached hydrogens (tertiary/aromatic N) is 3. The Hall–Kier alpha value is -2.02. The van der Waals surface area contributed by atoms with E-state index in [1.807, 2.05) is 29.4 Å². The van der Waals surface area contributed by atoms with Gasteiger partial charge in [0.25, 0.3) is 0 Å². The number of piperazine rings is 1. The molecule has 0 aliphatic carbocycles. The zero-order chi connectivity index (χ0) is 17.7. The van der Waals surface area contributed by atoms with Crippen LogP contribution in [-0.4, -0.2) is 72.4 Å². The molecule has 1 aromatic heterocycles. The average Bonchev–Trinajstić information content (AvgIpc) is 3.18. The Morgan fingerprint density at radius 1 is 1.04 bits per heavy atom. The summed E-state index contributed by atoms with van der Waals surface area (Å²) >= 11 is 0. The second-order valence-corrected chi connectivity index (χ2v) is 6.67. The van der Waals surface area contributed by atoms with Gasteiger partial charge in [-0.05, 0) is 31.9 Å². The van der Waals surface area contributed by atoms with E-state index < -0.39 is 0 Å². The highest BCUT2D eigenvalue weighted by molar-refractivity contribution is 5.78. The minimum absolute atomic E-state index is 0.152. The summed E-state index contributed by atoms with van der Waals surface area (Å²) in [6.45, 7) is 5.73. The molecule has 7 heteroatoms. The fraction of sp³-hybridized carbons (Fsp3) is 0.667. The monoisotopic (exact) mass is 349 g/mol. The first kappa shape index (κ1) is 17.8. The smallest absolute Gasteiger partial charge is 0.409 e. The summed E-state index contributed by atoms with van der Waals surface area (Å²) in [5, 5.41) is 0. The van der Waals surface area contributed by atoms with Crippen molar-refractivity contribution < 1.29 is 19.1 Å². The van der Waals surface area contributed by atoms with Gasteiger partial charge < -0.3 is 23.8 Å². The molecule has 0 aromatic carbocycles. The van der Waals surface area contributed by atoms with Crippen LogP contribution in [0.25, 0.3) is 0 Å². The van der Waals surface area contributed by atoms with Gasteiger partial charge in [0.15, 0.2) is 0 Å². The molecular formula is C18H27N3O4. The van der Waals surface area contributed by atoms with Crippen LogP contribution in [0.2, 0.25) is 0 Å². The zero-order valence-electron chi connectivity index (χ0n) is 14.9. The van der Waals surface area contributed by atoms with Crippen LogP contribution in [0.4, 0.5) is 4.79 Å². The quantitative estimate of drug-likeness (QED) is 0.830. The van der Waals surface area contributed by atoms with Gasteiger partial charge in [0.05, 0.1) is 18.6 Å². The van der Waals surface area contributed by atoms with Gasteiger partial charge in [0.1, 0.15) is 0 Å². The lowest BCUT2D eigenvalue weighted by molar-refractivity contribution is -0.136. The van der Waals surface area contributed by atoms with Gasteiger partial charge in [-0.1, -0.05) is 0 Å². The molecule has 2 amide bonds. The highest BCUT2D eigenvalue weighted by Crippen LogP contribution is 2.33. The second kappa shape index (κ2) is 7.91. The summed E-state index contributed by atoms with van der Waals surface area (Å²) < 4.78 is 12.7. The van der Waals surface area contributed by atoms with Crippen molar-refractivity contribution in [2.24, 2.45) is 0 Å². The van der Waals surface area contributed by atoms with Gasteiger partial charge in [0.2, 0.25) is 5.91 Å². The maximum absolute atomic E-state index is 12.9. The standard InChI is InChI=1S/C18H27N3O4/c1-2-25-17(23)20-11-9-19(10-12-20)16(22)15-18(5-13-24-14-6-18)21-7-3-4-8-21/h3-4,7-8H,2,5-6,9-15H2,1H3. The summed E-state index contributed by atoms with van der Waals surface area (Å²) in [7, 11) is 0. The van der Waals surface area contributed by atoms with E-state index in [4.69, 9.17) is 9.47 Å². The third-order valence-electron chi connectivity index (χ3n) is 5.21. The Morgan fingerprint density at radius 3 is 2.24 bits per heavy atom. The summed E-state index contributed by atoms with van der Waals surface area (Å²) in [6.07, 6.45) is 5.95. The SMILES string of the molecule is CCOC(=O)N1CCN(C(=O)CC2(n3cccc3)CCOCC2)CC1. The first-order valence-corrected chi connectivity index (χ1v) is 9.05. The molecule has 0 radical (unpaired) electrons. The predicted molar refractivity (Wildman–Crippen MR) is 92.3 cm³/mol. The highest BCUT2D eigenvalue weighted by atomic mass is 16.6. The van der Waals surface area contributed by atoms with Crippen LogP contribution in [0.3, 0.4) is 0 Å². The van der Waals surface area contributed by atoms with Gasteiger partial charge >= 0.3 is 6.09 Å². The first-order chi connectivity index (χ1) is 12.1. The van der Waals surface area contributed by atoms with Crippen molar-refractivity contribution >= 4 is 12.0 Å². The van der Waals surface area contributed by atoms with Gasteiger partial charge in [-0.15, -0.1) is 0 Å². The zero-order valence-corrected chi connectivity index (χ0v) is 14.9. The van der Waals surface area contributed by atoms with Gasteiger partial charge in [0, 0.05) is 51.8 Å². The molecule has 25 heavy (non-hydrogen) atoms. The Labute approximate surface area is 148 Å². The van der Waals surface area contributed by atoms with Crippen LogP contribution in [-0.2, 0) is 19.8 Å². The topological polar surface area (TPSA) is 64.0 Å². The van der Waals surface area contributed by atoms with E-state index in [9.17, 15) is 9.59 Å². The molecule has 2 aliphatic heterocycles. The lowest BCUT2D eigenvalue weighted by Crippen LogP contribution is -2.52. The van der Waals surface area contributed by atoms with Gasteiger partial charge in [-0.25, -0.2) is 4.79 Å². The molecular weight excluding hydrogens is 322 g/mol. The number of ether oxygens (including phenoxy) is 2. The van der Waals surface area contributed by atoms with Gasteiger partial charge in [-0.3, -0.25) is 4.79 Å². The number of hydrogen-bond acceptors (Lipinski definition) is 4. The maximum Gasteiger partial charge on any atom is 0.409 e. The van der Waals surface area contributed by atoms with Crippen LogP contribution in [0.5, 0.6) is 0 Å². The highest BCUT2D eigenvalue weighted by Gasteiger charge is 2.38. The fourth-order valence-electron chi connectivity index (χ4n) is 3.67. The first-order valence-electron chi connectivity index (χ1n) is 9.05. The van der Waals surface area contributed by atoms with E-state index >= 15 is 0 Å². The average molecular weight is 349 g/mol. The largest absolute Gasteiger partial charge is 0.450 e. The lowest BCUT2D eigenvalue weighted by Gasteiger charge is -2.41. The van der Waals surface area contributed by atoms with Crippen LogP contribution in [0.15, 0.2) is 24.5 Å². The van der Waals surface area contributed by atoms with Crippen LogP contribution < -0.4 is 0 Å². The normalized spacial score (nSPS) is 20.4. The summed E-state index contributed by atoms with van der Waals surface area (Å²) in [5.41, 5.74) is -0.197. The molecule has 0 saturated carbocycles. The van der Waals surface area contributed by atoms with E-state index in [-0.39, 0.29) is 17.5 Å². The van der Waals surface area contributed by atoms with E-state index in [0.717, 1.165) is 12.8 Å². The van der Waals surface area contributed by atoms with Crippen molar-refractivity contribution in [3.8, 4) is 0 Å². The molecule has 7 nitrogen and oxygen atoms in total. The van der Waals surface area contributed by atoms with Crippen LogP contribution >= 0.6 is 0 Å². The molecule has 0 N–H and O–H groups in total. The number of carbonyl (C=O) groups excluding carboxylic acids is 2. The Morgan fingerprint density at radius 2 is 1.64 bits per heavy atom. The van der Waals surface area contributed by atoms with Crippen LogP contribution in [0, 0.1) is 0 Å². The molecule has 2 saturated heterocycles. The molecule has 0 bridgehead atoms. The third-order valence-corrected chi connectivity index (χ3v) is 5.21. The maximum atomic E-state index is 12.9. The Bertz CT molecular complexity index is 573. The van der Waals surface area contributed by atoms with E-state index in [2.05, 4.69) is 4.57 Å². The van der Waals surface area contributed by atoms with Gasteiger partial charge in [-0.2, -0.15) is 0 Å². The minimum Gasteiger partial charge on any atom is -0.450 e. The van der Waals surface area contributed by atoms with Crippen molar-refractivity contribution in [1.82, 2.24) is 14.4 Å². The number of aromatic nitrogens is 1. The van der Waals surface area contributed by atoms with Crippen molar-refractivity contribution in [3.63, 3.8) is 0 Å². The molecule has 0 unspecified atom stereocenters. The molecule has 2 fully saturated rings. The fourth-order valence-corrected chi connectivity index (χ4v) is 3.67. The Balaban J connectivity index is 1.60. The van der Waals surface area contributed by atoms with Crippen molar-refractivity contribution in [2.45, 2.75) is 31.7 Å². The molecule has 0 spiro atoms. The minimum atomic E-state index is -0.289. The summed E-state index contributed by atoms with van der Waals surface area (Å²) in [5.74, 6) is 0.152. The molecule has 138 valence electrons. The molecule has 1 aromatic rings. The lowest BCUT2D eigenvalue weighted by atomic mass is 9.85. The summed E-state index contributed by atoms with van der Waals surface area (Å²) in [6, 6.07) is 4.00. The number of amides is 2. The van der Waals surface area contributed by atoms with E-state index in [1.54, 1.807) is 11.8 Å². The van der Waals surface area contributed by atoms with E-state index in [0.29, 0.717) is 52.4 Å². The second-order valence-electron chi connectivity index (χ2n) is 6.67. The molecule has 2 aliphatic rings. The Kier molecular flexibility index (Phi) is 5.63. The number of carbonyl (C=O) groups is 2. The summed E-state index contributed by atoms with van der Waals surface area (Å²) in [4.78, 5) is 28.2.